The lowest BCUT2D eigenvalue weighted by molar-refractivity contribution is 0.142. The summed E-state index contributed by atoms with van der Waals surface area (Å²) in [6.07, 6.45) is 7.33. The van der Waals surface area contributed by atoms with Gasteiger partial charge in [-0.3, -0.25) is 0 Å². The number of halogens is 3. The zero-order chi connectivity index (χ0) is 17.4. The summed E-state index contributed by atoms with van der Waals surface area (Å²) < 4.78 is 6.50. The van der Waals surface area contributed by atoms with Gasteiger partial charge in [-0.05, 0) is 60.6 Å². The molecule has 0 aliphatic carbocycles. The zero-order valence-corrected chi connectivity index (χ0v) is 17.8. The molecule has 0 radical (unpaired) electrons. The molecule has 0 saturated heterocycles. The van der Waals surface area contributed by atoms with Gasteiger partial charge in [0.05, 0.1) is 8.95 Å². The van der Waals surface area contributed by atoms with E-state index in [0.717, 1.165) is 19.3 Å². The number of unbranched alkanes of at least 4 members (excludes halogenated alkanes) is 6. The minimum atomic E-state index is -1.44. The smallest absolute Gasteiger partial charge is 0.503 e. The van der Waals surface area contributed by atoms with Crippen molar-refractivity contribution in [2.45, 2.75) is 58.3 Å². The van der Waals surface area contributed by atoms with Crippen LogP contribution >= 0.6 is 47.8 Å². The van der Waals surface area contributed by atoms with Crippen LogP contribution in [0.15, 0.2) is 13.4 Å². The van der Waals surface area contributed by atoms with Crippen LogP contribution < -0.4 is 4.74 Å². The number of ether oxygens (including phenoxy) is 1. The number of phenols is 1. The summed E-state index contributed by atoms with van der Waals surface area (Å²) >= 11 is 10.0. The molecular formula is C16H21Br3O4. The monoisotopic (exact) mass is 514 g/mol. The van der Waals surface area contributed by atoms with Gasteiger partial charge in [0, 0.05) is 10.0 Å². The van der Waals surface area contributed by atoms with Crippen LogP contribution in [0.3, 0.4) is 0 Å². The molecule has 23 heavy (non-hydrogen) atoms. The van der Waals surface area contributed by atoms with Gasteiger partial charge in [-0.1, -0.05) is 45.4 Å². The van der Waals surface area contributed by atoms with E-state index in [9.17, 15) is 9.90 Å². The van der Waals surface area contributed by atoms with Crippen molar-refractivity contribution >= 4 is 53.9 Å². The Morgan fingerprint density at radius 3 is 2.09 bits per heavy atom. The molecule has 0 fully saturated rings. The molecule has 0 unspecified atom stereocenters. The second kappa shape index (κ2) is 10.6. The maximum Gasteiger partial charge on any atom is 0.511 e. The molecule has 7 heteroatoms. The van der Waals surface area contributed by atoms with Gasteiger partial charge in [-0.2, -0.15) is 0 Å². The average Bonchev–Trinajstić information content (AvgIpc) is 2.51. The van der Waals surface area contributed by atoms with E-state index in [1.165, 1.54) is 25.7 Å². The topological polar surface area (TPSA) is 66.8 Å². The SMILES string of the molecule is CCCCCCCCCc1c(Br)c(Br)c(Br)c(O)c1OC(=O)O. The van der Waals surface area contributed by atoms with Gasteiger partial charge in [0.2, 0.25) is 0 Å². The van der Waals surface area contributed by atoms with Crippen LogP contribution in [0.4, 0.5) is 4.79 Å². The maximum absolute atomic E-state index is 10.9. The van der Waals surface area contributed by atoms with Crippen molar-refractivity contribution in [3.63, 3.8) is 0 Å². The van der Waals surface area contributed by atoms with Crippen LogP contribution in [0.1, 0.15) is 57.4 Å². The molecule has 0 spiro atoms. The summed E-state index contributed by atoms with van der Waals surface area (Å²) in [4.78, 5) is 10.9. The van der Waals surface area contributed by atoms with E-state index in [-0.39, 0.29) is 11.5 Å². The predicted molar refractivity (Wildman–Crippen MR) is 102 cm³/mol. The fourth-order valence-corrected chi connectivity index (χ4v) is 4.00. The number of hydrogen-bond donors (Lipinski definition) is 2. The van der Waals surface area contributed by atoms with Crippen LogP contribution in [0.2, 0.25) is 0 Å². The number of aromatic hydroxyl groups is 1. The molecular weight excluding hydrogens is 496 g/mol. The van der Waals surface area contributed by atoms with E-state index in [2.05, 4.69) is 54.7 Å². The predicted octanol–water partition coefficient (Wildman–Crippen LogP) is 7.03. The molecule has 4 nitrogen and oxygen atoms in total. The van der Waals surface area contributed by atoms with Gasteiger partial charge in [0.15, 0.2) is 11.5 Å². The third-order valence-electron chi connectivity index (χ3n) is 3.57. The Balaban J connectivity index is 2.78. The van der Waals surface area contributed by atoms with Crippen molar-refractivity contribution < 1.29 is 19.7 Å². The molecule has 0 aliphatic rings. The average molecular weight is 517 g/mol. The Morgan fingerprint density at radius 1 is 0.957 bits per heavy atom. The summed E-state index contributed by atoms with van der Waals surface area (Å²) in [5.74, 6) is -0.217. The molecule has 0 aromatic heterocycles. The highest BCUT2D eigenvalue weighted by molar-refractivity contribution is 9.14. The highest BCUT2D eigenvalue weighted by Crippen LogP contribution is 2.48. The second-order valence-electron chi connectivity index (χ2n) is 5.34. The Morgan fingerprint density at radius 2 is 1.52 bits per heavy atom. The number of phenolic OH excluding ortho intramolecular Hbond substituents is 1. The summed E-state index contributed by atoms with van der Waals surface area (Å²) in [5.41, 5.74) is 0.661. The van der Waals surface area contributed by atoms with Crippen LogP contribution in [0, 0.1) is 0 Å². The minimum Gasteiger partial charge on any atom is -0.503 e. The second-order valence-corrected chi connectivity index (χ2v) is 7.72. The van der Waals surface area contributed by atoms with E-state index in [1.54, 1.807) is 0 Å². The number of carboxylic acid groups (broad SMARTS) is 1. The molecule has 0 heterocycles. The molecule has 0 amide bonds. The van der Waals surface area contributed by atoms with E-state index >= 15 is 0 Å². The molecule has 130 valence electrons. The molecule has 1 rings (SSSR count). The first-order valence-corrected chi connectivity index (χ1v) is 10.1. The summed E-state index contributed by atoms with van der Waals surface area (Å²) in [7, 11) is 0. The van der Waals surface area contributed by atoms with E-state index in [0.29, 0.717) is 25.4 Å². The fourth-order valence-electron chi connectivity index (χ4n) is 2.35. The third-order valence-corrected chi connectivity index (χ3v) is 7.07. The molecule has 0 bridgehead atoms. The molecule has 0 saturated carbocycles. The lowest BCUT2D eigenvalue weighted by Crippen LogP contribution is -2.07. The molecule has 0 atom stereocenters. The largest absolute Gasteiger partial charge is 0.511 e. The number of rotatable bonds is 9. The summed E-state index contributed by atoms with van der Waals surface area (Å²) in [6, 6.07) is 0. The number of hydrogen-bond acceptors (Lipinski definition) is 3. The molecule has 1 aromatic carbocycles. The van der Waals surface area contributed by atoms with Crippen molar-refractivity contribution in [1.82, 2.24) is 0 Å². The van der Waals surface area contributed by atoms with Crippen LogP contribution in [0.25, 0.3) is 0 Å². The van der Waals surface area contributed by atoms with Crippen molar-refractivity contribution in [2.24, 2.45) is 0 Å². The van der Waals surface area contributed by atoms with Gasteiger partial charge in [0.1, 0.15) is 0 Å². The quantitative estimate of drug-likeness (QED) is 0.160. The molecule has 1 aromatic rings. The van der Waals surface area contributed by atoms with Crippen molar-refractivity contribution in [2.75, 3.05) is 0 Å². The van der Waals surface area contributed by atoms with Crippen LogP contribution in [-0.2, 0) is 6.42 Å². The third kappa shape index (κ3) is 6.27. The van der Waals surface area contributed by atoms with Gasteiger partial charge in [0.25, 0.3) is 0 Å². The number of carbonyl (C=O) groups is 1. The first-order chi connectivity index (χ1) is 10.9. The first-order valence-electron chi connectivity index (χ1n) is 7.69. The highest BCUT2D eigenvalue weighted by Gasteiger charge is 2.23. The van der Waals surface area contributed by atoms with E-state index in [1.807, 2.05) is 0 Å². The van der Waals surface area contributed by atoms with Gasteiger partial charge < -0.3 is 14.9 Å². The van der Waals surface area contributed by atoms with E-state index in [4.69, 9.17) is 9.84 Å². The zero-order valence-electron chi connectivity index (χ0n) is 13.0. The van der Waals surface area contributed by atoms with Crippen molar-refractivity contribution in [3.05, 3.63) is 19.0 Å². The Bertz CT molecular complexity index is 547. The van der Waals surface area contributed by atoms with Crippen LogP contribution in [0.5, 0.6) is 11.5 Å². The van der Waals surface area contributed by atoms with Crippen molar-refractivity contribution in [1.29, 1.82) is 0 Å². The molecule has 2 N–H and O–H groups in total. The maximum atomic E-state index is 10.9. The Kier molecular flexibility index (Phi) is 9.54. The van der Waals surface area contributed by atoms with Gasteiger partial charge in [-0.15, -0.1) is 0 Å². The van der Waals surface area contributed by atoms with Gasteiger partial charge >= 0.3 is 6.16 Å². The standard InChI is InChI=1S/C16H21Br3O4/c1-2-3-4-5-6-7-8-9-10-11(17)12(18)13(19)14(20)15(10)23-16(21)22/h20H,2-9H2,1H3,(H,21,22). The van der Waals surface area contributed by atoms with Crippen LogP contribution in [-0.4, -0.2) is 16.4 Å². The number of benzene rings is 1. The summed E-state index contributed by atoms with van der Waals surface area (Å²) in [5, 5.41) is 19.0. The normalized spacial score (nSPS) is 10.8. The van der Waals surface area contributed by atoms with Crippen molar-refractivity contribution in [3.8, 4) is 11.5 Å². The van der Waals surface area contributed by atoms with E-state index < -0.39 is 6.16 Å². The van der Waals surface area contributed by atoms with Gasteiger partial charge in [-0.25, -0.2) is 4.79 Å². The highest BCUT2D eigenvalue weighted by atomic mass is 79.9. The lowest BCUT2D eigenvalue weighted by Gasteiger charge is -2.15. The minimum absolute atomic E-state index is 0.00886. The first kappa shape index (κ1) is 20.8. The fraction of sp³-hybridized carbons (Fsp3) is 0.562. The Labute approximate surface area is 162 Å². The lowest BCUT2D eigenvalue weighted by atomic mass is 10.0. The molecule has 0 aliphatic heterocycles. The summed E-state index contributed by atoms with van der Waals surface area (Å²) in [6.45, 7) is 2.19. The Hall–Kier alpha value is -0.270.